The van der Waals surface area contributed by atoms with E-state index in [4.69, 9.17) is 18.3 Å². The lowest BCUT2D eigenvalue weighted by molar-refractivity contribution is 0.0557. The number of carbonyl (C=O) groups is 2. The summed E-state index contributed by atoms with van der Waals surface area (Å²) < 4.78 is 31.5. The minimum absolute atomic E-state index is 0.00941. The van der Waals surface area contributed by atoms with Crippen molar-refractivity contribution in [2.75, 3.05) is 28.4 Å². The van der Waals surface area contributed by atoms with E-state index in [9.17, 15) is 19.2 Å². The van der Waals surface area contributed by atoms with Crippen LogP contribution in [-0.4, -0.2) is 40.4 Å². The maximum atomic E-state index is 12.9. The smallest absolute Gasteiger partial charge is 0.374 e. The van der Waals surface area contributed by atoms with Gasteiger partial charge >= 0.3 is 11.9 Å². The number of benzene rings is 2. The van der Waals surface area contributed by atoms with Crippen molar-refractivity contribution >= 4 is 33.9 Å². The molecule has 10 heteroatoms. The SMILES string of the molecule is COC(=O)c1cc(=O)c2c(OC)ccc(-c3ccc(OC)c4c(=O)cc(C(=O)OC)oc34)c2o1. The molecule has 0 aliphatic carbocycles. The van der Waals surface area contributed by atoms with Crippen molar-refractivity contribution in [2.45, 2.75) is 0 Å². The fourth-order valence-electron chi connectivity index (χ4n) is 3.64. The Labute approximate surface area is 191 Å². The van der Waals surface area contributed by atoms with E-state index >= 15 is 0 Å². The van der Waals surface area contributed by atoms with Crippen molar-refractivity contribution in [2.24, 2.45) is 0 Å². The summed E-state index contributed by atoms with van der Waals surface area (Å²) in [6.45, 7) is 0. The lowest BCUT2D eigenvalue weighted by Gasteiger charge is -2.13. The third-order valence-electron chi connectivity index (χ3n) is 5.18. The number of hydrogen-bond donors (Lipinski definition) is 0. The molecule has 0 fully saturated rings. The molecule has 4 rings (SSSR count). The highest BCUT2D eigenvalue weighted by atomic mass is 16.5. The minimum Gasteiger partial charge on any atom is -0.496 e. The highest BCUT2D eigenvalue weighted by Gasteiger charge is 2.23. The van der Waals surface area contributed by atoms with Crippen LogP contribution in [0.2, 0.25) is 0 Å². The first kappa shape index (κ1) is 22.6. The average molecular weight is 466 g/mol. The second-order valence-corrected chi connectivity index (χ2v) is 6.97. The summed E-state index contributed by atoms with van der Waals surface area (Å²) in [5, 5.41) is 0.117. The second kappa shape index (κ2) is 8.74. The topological polar surface area (TPSA) is 131 Å². The fourth-order valence-corrected chi connectivity index (χ4v) is 3.64. The monoisotopic (exact) mass is 466 g/mol. The van der Waals surface area contributed by atoms with E-state index in [1.165, 1.54) is 26.4 Å². The number of esters is 2. The molecule has 0 saturated carbocycles. The van der Waals surface area contributed by atoms with Gasteiger partial charge in [0.15, 0.2) is 22.0 Å². The number of carbonyl (C=O) groups excluding carboxylic acids is 2. The number of rotatable bonds is 5. The largest absolute Gasteiger partial charge is 0.496 e. The summed E-state index contributed by atoms with van der Waals surface area (Å²) in [5.41, 5.74) is -0.535. The van der Waals surface area contributed by atoms with Gasteiger partial charge in [-0.2, -0.15) is 0 Å². The summed E-state index contributed by atoms with van der Waals surface area (Å²) in [5.74, 6) is -1.95. The van der Waals surface area contributed by atoms with Crippen LogP contribution in [0.1, 0.15) is 21.1 Å². The zero-order valence-corrected chi connectivity index (χ0v) is 18.5. The molecule has 0 N–H and O–H groups in total. The van der Waals surface area contributed by atoms with Gasteiger partial charge in [0.25, 0.3) is 0 Å². The van der Waals surface area contributed by atoms with Crippen molar-refractivity contribution < 1.29 is 37.4 Å². The Morgan fingerprint density at radius 1 is 0.647 bits per heavy atom. The van der Waals surface area contributed by atoms with E-state index in [2.05, 4.69) is 9.47 Å². The molecule has 0 aliphatic rings. The maximum Gasteiger partial charge on any atom is 0.374 e. The lowest BCUT2D eigenvalue weighted by Crippen LogP contribution is -2.11. The van der Waals surface area contributed by atoms with Gasteiger partial charge in [-0.1, -0.05) is 0 Å². The molecular weight excluding hydrogens is 448 g/mol. The van der Waals surface area contributed by atoms with Crippen LogP contribution in [0.15, 0.2) is 54.8 Å². The molecule has 10 nitrogen and oxygen atoms in total. The lowest BCUT2D eigenvalue weighted by atomic mass is 9.99. The molecule has 2 aromatic heterocycles. The molecule has 0 spiro atoms. The van der Waals surface area contributed by atoms with Crippen molar-refractivity contribution in [3.8, 4) is 22.6 Å². The van der Waals surface area contributed by atoms with Crippen molar-refractivity contribution in [3.05, 3.63) is 68.4 Å². The van der Waals surface area contributed by atoms with Crippen LogP contribution < -0.4 is 20.3 Å². The molecule has 0 amide bonds. The fraction of sp³-hybridized carbons (Fsp3) is 0.167. The van der Waals surface area contributed by atoms with E-state index in [-0.39, 0.29) is 56.1 Å². The first-order chi connectivity index (χ1) is 16.3. The van der Waals surface area contributed by atoms with Gasteiger partial charge in [-0.25, -0.2) is 9.59 Å². The van der Waals surface area contributed by atoms with Gasteiger partial charge in [0, 0.05) is 23.3 Å². The van der Waals surface area contributed by atoms with Gasteiger partial charge in [-0.15, -0.1) is 0 Å². The molecule has 0 radical (unpaired) electrons. The van der Waals surface area contributed by atoms with E-state index in [0.29, 0.717) is 0 Å². The van der Waals surface area contributed by atoms with E-state index in [0.717, 1.165) is 26.4 Å². The van der Waals surface area contributed by atoms with Crippen LogP contribution in [0.5, 0.6) is 11.5 Å². The summed E-state index contributed by atoms with van der Waals surface area (Å²) in [6.07, 6.45) is 0. The molecule has 0 unspecified atom stereocenters. The van der Waals surface area contributed by atoms with Crippen molar-refractivity contribution in [3.63, 3.8) is 0 Å². The summed E-state index contributed by atoms with van der Waals surface area (Å²) in [7, 11) is 5.07. The molecule has 2 heterocycles. The molecule has 0 aliphatic heterocycles. The minimum atomic E-state index is -0.855. The van der Waals surface area contributed by atoms with E-state index in [1.54, 1.807) is 12.1 Å². The van der Waals surface area contributed by atoms with Gasteiger partial charge < -0.3 is 27.8 Å². The van der Waals surface area contributed by atoms with Gasteiger partial charge in [0.05, 0.1) is 28.4 Å². The van der Waals surface area contributed by atoms with Crippen molar-refractivity contribution in [1.82, 2.24) is 0 Å². The summed E-state index contributed by atoms with van der Waals surface area (Å²) in [4.78, 5) is 49.9. The quantitative estimate of drug-likeness (QED) is 0.404. The van der Waals surface area contributed by atoms with E-state index < -0.39 is 22.8 Å². The van der Waals surface area contributed by atoms with Crippen LogP contribution in [0.25, 0.3) is 33.1 Å². The Kier molecular flexibility index (Phi) is 5.80. The van der Waals surface area contributed by atoms with Crippen molar-refractivity contribution in [1.29, 1.82) is 0 Å². The van der Waals surface area contributed by atoms with Gasteiger partial charge in [-0.3, -0.25) is 9.59 Å². The van der Waals surface area contributed by atoms with E-state index in [1.807, 2.05) is 0 Å². The molecule has 2 aromatic carbocycles. The highest BCUT2D eigenvalue weighted by molar-refractivity contribution is 6.05. The zero-order chi connectivity index (χ0) is 24.6. The Morgan fingerprint density at radius 2 is 1.03 bits per heavy atom. The third-order valence-corrected chi connectivity index (χ3v) is 5.18. The van der Waals surface area contributed by atoms with Crippen LogP contribution in [0.3, 0.4) is 0 Å². The second-order valence-electron chi connectivity index (χ2n) is 6.97. The summed E-state index contributed by atoms with van der Waals surface area (Å²) in [6, 6.07) is 8.20. The number of ether oxygens (including phenoxy) is 4. The highest BCUT2D eigenvalue weighted by Crippen LogP contribution is 2.39. The first-order valence-corrected chi connectivity index (χ1v) is 9.81. The standard InChI is InChI=1S/C24H18O10/c1-29-15-7-5-11(21-19(15)13(25)9-17(33-21)23(27)31-3)12-6-8-16(30-2)20-14(26)10-18(24(28)32-4)34-22(12)20/h5-10H,1-4H3. The maximum absolute atomic E-state index is 12.9. The van der Waals surface area contributed by atoms with Gasteiger partial charge in [-0.05, 0) is 24.3 Å². The third kappa shape index (κ3) is 3.54. The molecule has 174 valence electrons. The molecule has 4 aromatic rings. The molecule has 0 atom stereocenters. The van der Waals surface area contributed by atoms with Crippen LogP contribution in [0.4, 0.5) is 0 Å². The average Bonchev–Trinajstić information content (AvgIpc) is 2.86. The molecule has 0 saturated heterocycles. The van der Waals surface area contributed by atoms with Crippen LogP contribution in [0, 0.1) is 0 Å². The Bertz CT molecular complexity index is 1460. The predicted octanol–water partition coefficient (Wildman–Crippen LogP) is 3.16. The Morgan fingerprint density at radius 3 is 1.35 bits per heavy atom. The molecule has 34 heavy (non-hydrogen) atoms. The number of methoxy groups -OCH3 is 4. The van der Waals surface area contributed by atoms with Gasteiger partial charge in [0.1, 0.15) is 22.3 Å². The predicted molar refractivity (Wildman–Crippen MR) is 120 cm³/mol. The Balaban J connectivity index is 2.18. The number of fused-ring (bicyclic) bond motifs is 2. The first-order valence-electron chi connectivity index (χ1n) is 9.81. The number of hydrogen-bond acceptors (Lipinski definition) is 10. The summed E-state index contributed by atoms with van der Waals surface area (Å²) >= 11 is 0. The van der Waals surface area contributed by atoms with Crippen LogP contribution >= 0.6 is 0 Å². The van der Waals surface area contributed by atoms with Gasteiger partial charge in [0.2, 0.25) is 11.5 Å². The molecule has 0 bridgehead atoms. The Hall–Kier alpha value is -4.60. The van der Waals surface area contributed by atoms with Crippen LogP contribution in [-0.2, 0) is 9.47 Å². The zero-order valence-electron chi connectivity index (χ0n) is 18.5. The molecular formula is C24H18O10. The normalized spacial score (nSPS) is 10.8.